The maximum atomic E-state index is 4.69. The first-order valence-corrected chi connectivity index (χ1v) is 8.12. The van der Waals surface area contributed by atoms with Crippen molar-refractivity contribution in [3.05, 3.63) is 11.4 Å². The summed E-state index contributed by atoms with van der Waals surface area (Å²) < 4.78 is 2.14. The molecule has 2 fully saturated rings. The Balaban J connectivity index is 1.72. The molecular weight excluding hydrogens is 248 g/mol. The van der Waals surface area contributed by atoms with Gasteiger partial charge in [0, 0.05) is 24.7 Å². The van der Waals surface area contributed by atoms with Gasteiger partial charge in [-0.25, -0.2) is 0 Å². The summed E-state index contributed by atoms with van der Waals surface area (Å²) in [5, 5.41) is 8.48. The first-order valence-electron chi connectivity index (χ1n) is 8.12. The fourth-order valence-electron chi connectivity index (χ4n) is 3.93. The van der Waals surface area contributed by atoms with Crippen molar-refractivity contribution >= 4 is 5.69 Å². The van der Waals surface area contributed by atoms with Crippen LogP contribution >= 0.6 is 0 Å². The third kappa shape index (κ3) is 2.46. The van der Waals surface area contributed by atoms with E-state index < -0.39 is 0 Å². The van der Waals surface area contributed by atoms with Crippen LogP contribution in [-0.2, 0) is 0 Å². The standard InChI is InChI=1S/C16H28N4/c1-11(2)20-13(4)16(12(3)18-20)17-14-7-9-19-8-5-6-15(19)10-14/h11,14-15,17H,5-10H2,1-4H3. The minimum Gasteiger partial charge on any atom is -0.379 e. The average Bonchev–Trinajstić information content (AvgIpc) is 2.97. The van der Waals surface area contributed by atoms with Crippen LogP contribution in [0.5, 0.6) is 0 Å². The van der Waals surface area contributed by atoms with E-state index in [0.29, 0.717) is 12.1 Å². The van der Waals surface area contributed by atoms with E-state index in [4.69, 9.17) is 0 Å². The normalized spacial score (nSPS) is 27.1. The van der Waals surface area contributed by atoms with E-state index in [9.17, 15) is 0 Å². The second kappa shape index (κ2) is 5.40. The van der Waals surface area contributed by atoms with Crippen LogP contribution in [0.4, 0.5) is 5.69 Å². The molecule has 3 heterocycles. The summed E-state index contributed by atoms with van der Waals surface area (Å²) >= 11 is 0. The Kier molecular flexibility index (Phi) is 3.76. The first-order chi connectivity index (χ1) is 9.56. The smallest absolute Gasteiger partial charge is 0.0828 e. The van der Waals surface area contributed by atoms with Gasteiger partial charge in [-0.15, -0.1) is 0 Å². The Morgan fingerprint density at radius 1 is 1.20 bits per heavy atom. The maximum absolute atomic E-state index is 4.69. The second-order valence-electron chi connectivity index (χ2n) is 6.78. The van der Waals surface area contributed by atoms with E-state index >= 15 is 0 Å². The van der Waals surface area contributed by atoms with E-state index in [1.54, 1.807) is 0 Å². The van der Waals surface area contributed by atoms with E-state index in [2.05, 4.69) is 47.7 Å². The molecule has 0 bridgehead atoms. The molecule has 1 aromatic rings. The molecule has 20 heavy (non-hydrogen) atoms. The maximum Gasteiger partial charge on any atom is 0.0828 e. The van der Waals surface area contributed by atoms with Crippen molar-refractivity contribution in [2.24, 2.45) is 0 Å². The number of aryl methyl sites for hydroxylation is 1. The highest BCUT2D eigenvalue weighted by atomic mass is 15.3. The van der Waals surface area contributed by atoms with Gasteiger partial charge in [-0.2, -0.15) is 5.10 Å². The Morgan fingerprint density at radius 3 is 2.70 bits per heavy atom. The summed E-state index contributed by atoms with van der Waals surface area (Å²) in [4.78, 5) is 2.68. The van der Waals surface area contributed by atoms with Crippen LogP contribution < -0.4 is 5.32 Å². The van der Waals surface area contributed by atoms with Crippen molar-refractivity contribution < 1.29 is 0 Å². The minimum atomic E-state index is 0.431. The van der Waals surface area contributed by atoms with Crippen LogP contribution in [0.25, 0.3) is 0 Å². The molecule has 4 heteroatoms. The highest BCUT2D eigenvalue weighted by molar-refractivity contribution is 5.53. The van der Waals surface area contributed by atoms with E-state index in [-0.39, 0.29) is 0 Å². The van der Waals surface area contributed by atoms with E-state index in [1.807, 2.05) is 0 Å². The first kappa shape index (κ1) is 13.9. The van der Waals surface area contributed by atoms with E-state index in [0.717, 1.165) is 11.7 Å². The molecule has 3 rings (SSSR count). The SMILES string of the molecule is Cc1nn(C(C)C)c(C)c1NC1CCN2CCCC2C1. The largest absolute Gasteiger partial charge is 0.379 e. The quantitative estimate of drug-likeness (QED) is 0.921. The summed E-state index contributed by atoms with van der Waals surface area (Å²) in [6.45, 7) is 11.3. The second-order valence-corrected chi connectivity index (χ2v) is 6.78. The van der Waals surface area contributed by atoms with Crippen molar-refractivity contribution in [3.63, 3.8) is 0 Å². The number of nitrogens with zero attached hydrogens (tertiary/aromatic N) is 3. The number of nitrogens with one attached hydrogen (secondary N) is 1. The third-order valence-corrected chi connectivity index (χ3v) is 4.98. The Morgan fingerprint density at radius 2 is 2.00 bits per heavy atom. The van der Waals surface area contributed by atoms with Gasteiger partial charge in [0.1, 0.15) is 0 Å². The molecule has 1 aromatic heterocycles. The van der Waals surface area contributed by atoms with Crippen molar-refractivity contribution in [1.29, 1.82) is 0 Å². The van der Waals surface area contributed by atoms with Gasteiger partial charge in [0.15, 0.2) is 0 Å². The monoisotopic (exact) mass is 276 g/mol. The zero-order valence-electron chi connectivity index (χ0n) is 13.3. The topological polar surface area (TPSA) is 33.1 Å². The molecule has 0 aromatic carbocycles. The van der Waals surface area contributed by atoms with Crippen molar-refractivity contribution in [3.8, 4) is 0 Å². The van der Waals surface area contributed by atoms with Crippen LogP contribution in [0.3, 0.4) is 0 Å². The lowest BCUT2D eigenvalue weighted by molar-refractivity contribution is 0.188. The van der Waals surface area contributed by atoms with Crippen LogP contribution in [0.1, 0.15) is 57.0 Å². The summed E-state index contributed by atoms with van der Waals surface area (Å²) in [7, 11) is 0. The summed E-state index contributed by atoms with van der Waals surface area (Å²) in [6, 6.07) is 1.87. The summed E-state index contributed by atoms with van der Waals surface area (Å²) in [5.74, 6) is 0. The molecule has 0 saturated carbocycles. The van der Waals surface area contributed by atoms with Crippen molar-refractivity contribution in [1.82, 2.24) is 14.7 Å². The lowest BCUT2D eigenvalue weighted by atomic mass is 9.97. The number of rotatable bonds is 3. The van der Waals surface area contributed by atoms with Gasteiger partial charge in [-0.1, -0.05) is 0 Å². The molecule has 0 radical (unpaired) electrons. The molecule has 2 atom stereocenters. The highest BCUT2D eigenvalue weighted by Gasteiger charge is 2.32. The number of fused-ring (bicyclic) bond motifs is 1. The molecule has 0 spiro atoms. The molecule has 1 N–H and O–H groups in total. The molecule has 2 saturated heterocycles. The third-order valence-electron chi connectivity index (χ3n) is 4.98. The molecule has 0 amide bonds. The van der Waals surface area contributed by atoms with Gasteiger partial charge < -0.3 is 10.2 Å². The summed E-state index contributed by atoms with van der Waals surface area (Å²) in [6.07, 6.45) is 5.34. The number of anilines is 1. The molecular formula is C16H28N4. The Labute approximate surface area is 122 Å². The van der Waals surface area contributed by atoms with Crippen molar-refractivity contribution in [2.45, 2.75) is 71.5 Å². The van der Waals surface area contributed by atoms with Gasteiger partial charge in [-0.3, -0.25) is 4.68 Å². The molecule has 2 unspecified atom stereocenters. The average molecular weight is 276 g/mol. The number of aromatic nitrogens is 2. The highest BCUT2D eigenvalue weighted by Crippen LogP contribution is 2.30. The summed E-state index contributed by atoms with van der Waals surface area (Å²) in [5.41, 5.74) is 3.70. The van der Waals surface area contributed by atoms with Gasteiger partial charge in [0.25, 0.3) is 0 Å². The number of hydrogen-bond donors (Lipinski definition) is 1. The number of piperidine rings is 1. The fourth-order valence-corrected chi connectivity index (χ4v) is 3.93. The van der Waals surface area contributed by atoms with Crippen LogP contribution in [-0.4, -0.2) is 39.9 Å². The van der Waals surface area contributed by atoms with Gasteiger partial charge in [0.05, 0.1) is 17.1 Å². The number of hydrogen-bond acceptors (Lipinski definition) is 3. The van der Waals surface area contributed by atoms with Gasteiger partial charge >= 0.3 is 0 Å². The van der Waals surface area contributed by atoms with E-state index in [1.165, 1.54) is 50.2 Å². The molecule has 2 aliphatic rings. The fraction of sp³-hybridized carbons (Fsp3) is 0.812. The lowest BCUT2D eigenvalue weighted by Gasteiger charge is -2.35. The van der Waals surface area contributed by atoms with Crippen molar-refractivity contribution in [2.75, 3.05) is 18.4 Å². The molecule has 4 nitrogen and oxygen atoms in total. The van der Waals surface area contributed by atoms with Gasteiger partial charge in [-0.05, 0) is 59.9 Å². The zero-order chi connectivity index (χ0) is 14.3. The molecule has 112 valence electrons. The van der Waals surface area contributed by atoms with Crippen LogP contribution in [0.2, 0.25) is 0 Å². The Bertz CT molecular complexity index is 477. The Hall–Kier alpha value is -1.03. The van der Waals surface area contributed by atoms with Crippen LogP contribution in [0.15, 0.2) is 0 Å². The predicted molar refractivity (Wildman–Crippen MR) is 83.3 cm³/mol. The molecule has 2 aliphatic heterocycles. The van der Waals surface area contributed by atoms with Crippen LogP contribution in [0, 0.1) is 13.8 Å². The minimum absolute atomic E-state index is 0.431. The lowest BCUT2D eigenvalue weighted by Crippen LogP contribution is -2.42. The van der Waals surface area contributed by atoms with Gasteiger partial charge in [0.2, 0.25) is 0 Å². The predicted octanol–water partition coefficient (Wildman–Crippen LogP) is 3.12. The zero-order valence-corrected chi connectivity index (χ0v) is 13.3. The molecule has 0 aliphatic carbocycles.